The minimum absolute atomic E-state index is 0.145. The highest BCUT2D eigenvalue weighted by Gasteiger charge is 2.20. The van der Waals surface area contributed by atoms with Gasteiger partial charge in [0.05, 0.1) is 29.7 Å². The summed E-state index contributed by atoms with van der Waals surface area (Å²) in [6.45, 7) is 3.73. The van der Waals surface area contributed by atoms with Crippen molar-refractivity contribution >= 4 is 29.2 Å². The molecule has 0 saturated carbocycles. The van der Waals surface area contributed by atoms with E-state index in [1.807, 2.05) is 31.2 Å². The maximum Gasteiger partial charge on any atom is 0.339 e. The van der Waals surface area contributed by atoms with Crippen molar-refractivity contribution in [3.63, 3.8) is 0 Å². The van der Waals surface area contributed by atoms with Gasteiger partial charge in [-0.3, -0.25) is 4.79 Å². The molecule has 3 aromatic rings. The summed E-state index contributed by atoms with van der Waals surface area (Å²) in [4.78, 5) is 24.6. The summed E-state index contributed by atoms with van der Waals surface area (Å²) >= 11 is 5.99. The predicted molar refractivity (Wildman–Crippen MR) is 102 cm³/mol. The van der Waals surface area contributed by atoms with E-state index in [0.717, 1.165) is 11.3 Å². The van der Waals surface area contributed by atoms with Gasteiger partial charge >= 0.3 is 5.97 Å². The maximum absolute atomic E-state index is 12.7. The Labute approximate surface area is 160 Å². The second-order valence-electron chi connectivity index (χ2n) is 5.91. The van der Waals surface area contributed by atoms with Crippen molar-refractivity contribution in [1.82, 2.24) is 15.0 Å². The van der Waals surface area contributed by atoms with Crippen LogP contribution in [-0.4, -0.2) is 34.0 Å². The number of hydrogen-bond acceptors (Lipinski definition) is 5. The lowest BCUT2D eigenvalue weighted by Gasteiger charge is -2.10. The molecular weight excluding hydrogens is 368 g/mol. The summed E-state index contributed by atoms with van der Waals surface area (Å²) in [6, 6.07) is 12.2. The zero-order valence-electron chi connectivity index (χ0n) is 15.0. The van der Waals surface area contributed by atoms with E-state index in [-0.39, 0.29) is 16.9 Å². The van der Waals surface area contributed by atoms with Crippen LogP contribution < -0.4 is 5.32 Å². The van der Waals surface area contributed by atoms with Gasteiger partial charge in [0.2, 0.25) is 0 Å². The Morgan fingerprint density at radius 3 is 2.48 bits per heavy atom. The molecule has 2 aromatic carbocycles. The molecule has 1 heterocycles. The molecule has 138 valence electrons. The molecule has 0 aliphatic carbocycles. The fourth-order valence-electron chi connectivity index (χ4n) is 2.56. The average Bonchev–Trinajstić information content (AvgIpc) is 3.03. The number of methoxy groups -OCH3 is 1. The van der Waals surface area contributed by atoms with Crippen molar-refractivity contribution in [2.24, 2.45) is 0 Å². The topological polar surface area (TPSA) is 86.1 Å². The van der Waals surface area contributed by atoms with Crippen molar-refractivity contribution < 1.29 is 14.3 Å². The standard InChI is InChI=1S/C19H17ClN4O3/c1-11-4-7-14(8-5-11)24-12(2)17(22-23-24)18(25)21-16-10-13(20)6-9-15(16)19(26)27-3/h4-10H,1-3H3,(H,21,25). The number of hydrogen-bond donors (Lipinski definition) is 1. The van der Waals surface area contributed by atoms with Crippen LogP contribution >= 0.6 is 11.6 Å². The molecule has 0 fully saturated rings. The Morgan fingerprint density at radius 2 is 1.81 bits per heavy atom. The normalized spacial score (nSPS) is 10.5. The Morgan fingerprint density at radius 1 is 1.11 bits per heavy atom. The van der Waals surface area contributed by atoms with E-state index in [1.165, 1.54) is 19.2 Å². The van der Waals surface area contributed by atoms with Gasteiger partial charge in [0.25, 0.3) is 5.91 Å². The maximum atomic E-state index is 12.7. The number of aromatic nitrogens is 3. The number of aryl methyl sites for hydroxylation is 1. The second-order valence-corrected chi connectivity index (χ2v) is 6.34. The van der Waals surface area contributed by atoms with E-state index in [1.54, 1.807) is 17.7 Å². The summed E-state index contributed by atoms with van der Waals surface area (Å²) in [7, 11) is 1.26. The predicted octanol–water partition coefficient (Wildman–Crippen LogP) is 3.58. The first-order valence-corrected chi connectivity index (χ1v) is 8.47. The zero-order valence-corrected chi connectivity index (χ0v) is 15.7. The van der Waals surface area contributed by atoms with Crippen LogP contribution in [0.25, 0.3) is 5.69 Å². The molecule has 7 nitrogen and oxygen atoms in total. The van der Waals surface area contributed by atoms with Crippen molar-refractivity contribution in [3.05, 3.63) is 70.0 Å². The molecule has 0 saturated heterocycles. The van der Waals surface area contributed by atoms with Crippen LogP contribution in [0.1, 0.15) is 32.1 Å². The molecule has 0 aliphatic heterocycles. The summed E-state index contributed by atoms with van der Waals surface area (Å²) < 4.78 is 6.31. The number of carbonyl (C=O) groups excluding carboxylic acids is 2. The smallest absolute Gasteiger partial charge is 0.339 e. The number of nitrogens with zero attached hydrogens (tertiary/aromatic N) is 3. The summed E-state index contributed by atoms with van der Waals surface area (Å²) in [6.07, 6.45) is 0. The number of carbonyl (C=O) groups is 2. The van der Waals surface area contributed by atoms with Gasteiger partial charge in [0.1, 0.15) is 0 Å². The van der Waals surface area contributed by atoms with Crippen LogP contribution in [0.5, 0.6) is 0 Å². The Kier molecular flexibility index (Phi) is 5.23. The number of nitrogens with one attached hydrogen (secondary N) is 1. The number of halogens is 1. The molecule has 0 spiro atoms. The molecule has 0 aliphatic rings. The van der Waals surface area contributed by atoms with Crippen molar-refractivity contribution in [2.45, 2.75) is 13.8 Å². The van der Waals surface area contributed by atoms with E-state index in [4.69, 9.17) is 16.3 Å². The first kappa shape index (κ1) is 18.6. The number of amides is 1. The largest absolute Gasteiger partial charge is 0.465 e. The SMILES string of the molecule is COC(=O)c1ccc(Cl)cc1NC(=O)c1nnn(-c2ccc(C)cc2)c1C. The monoisotopic (exact) mass is 384 g/mol. The van der Waals surface area contributed by atoms with E-state index in [0.29, 0.717) is 10.7 Å². The van der Waals surface area contributed by atoms with Crippen molar-refractivity contribution in [3.8, 4) is 5.69 Å². The quantitative estimate of drug-likeness (QED) is 0.695. The molecular formula is C19H17ClN4O3. The van der Waals surface area contributed by atoms with Gasteiger partial charge in [-0.15, -0.1) is 5.10 Å². The molecule has 8 heteroatoms. The third-order valence-electron chi connectivity index (χ3n) is 4.02. The summed E-state index contributed by atoms with van der Waals surface area (Å²) in [5.74, 6) is -1.08. The summed E-state index contributed by atoms with van der Waals surface area (Å²) in [5.41, 5.74) is 3.06. The third kappa shape index (κ3) is 3.83. The van der Waals surface area contributed by atoms with Gasteiger partial charge < -0.3 is 10.1 Å². The van der Waals surface area contributed by atoms with Crippen LogP contribution in [0.4, 0.5) is 5.69 Å². The molecule has 0 atom stereocenters. The molecule has 1 N–H and O–H groups in total. The highest BCUT2D eigenvalue weighted by molar-refractivity contribution is 6.31. The van der Waals surface area contributed by atoms with Gasteiger partial charge in [0, 0.05) is 5.02 Å². The van der Waals surface area contributed by atoms with Gasteiger partial charge in [-0.25, -0.2) is 9.48 Å². The Bertz CT molecular complexity index is 1010. The highest BCUT2D eigenvalue weighted by Crippen LogP contribution is 2.23. The number of anilines is 1. The first-order chi connectivity index (χ1) is 12.9. The van der Waals surface area contributed by atoms with Crippen LogP contribution in [0.3, 0.4) is 0 Å². The second kappa shape index (κ2) is 7.59. The van der Waals surface area contributed by atoms with Crippen molar-refractivity contribution in [2.75, 3.05) is 12.4 Å². The minimum Gasteiger partial charge on any atom is -0.465 e. The van der Waals surface area contributed by atoms with Gasteiger partial charge in [-0.05, 0) is 44.2 Å². The third-order valence-corrected chi connectivity index (χ3v) is 4.26. The lowest BCUT2D eigenvalue weighted by Crippen LogP contribution is -2.17. The first-order valence-electron chi connectivity index (χ1n) is 8.09. The fourth-order valence-corrected chi connectivity index (χ4v) is 2.73. The lowest BCUT2D eigenvalue weighted by atomic mass is 10.1. The zero-order chi connectivity index (χ0) is 19.6. The van der Waals surface area contributed by atoms with E-state index in [9.17, 15) is 9.59 Å². The minimum atomic E-state index is -0.581. The van der Waals surface area contributed by atoms with E-state index < -0.39 is 11.9 Å². The van der Waals surface area contributed by atoms with Gasteiger partial charge in [-0.2, -0.15) is 0 Å². The van der Waals surface area contributed by atoms with Crippen LogP contribution in [-0.2, 0) is 4.74 Å². The number of ether oxygens (including phenoxy) is 1. The van der Waals surface area contributed by atoms with Crippen molar-refractivity contribution in [1.29, 1.82) is 0 Å². The molecule has 3 rings (SSSR count). The van der Waals surface area contributed by atoms with E-state index in [2.05, 4.69) is 15.6 Å². The van der Waals surface area contributed by atoms with E-state index >= 15 is 0 Å². The molecule has 0 radical (unpaired) electrons. The van der Waals surface area contributed by atoms with Crippen LogP contribution in [0.15, 0.2) is 42.5 Å². The molecule has 1 amide bonds. The molecule has 1 aromatic heterocycles. The molecule has 0 bridgehead atoms. The lowest BCUT2D eigenvalue weighted by molar-refractivity contribution is 0.0602. The number of benzene rings is 2. The van der Waals surface area contributed by atoms with Gasteiger partial charge in [0.15, 0.2) is 5.69 Å². The van der Waals surface area contributed by atoms with Gasteiger partial charge in [-0.1, -0.05) is 34.5 Å². The van der Waals surface area contributed by atoms with Crippen LogP contribution in [0, 0.1) is 13.8 Å². The van der Waals surface area contributed by atoms with Crippen LogP contribution in [0.2, 0.25) is 5.02 Å². The summed E-state index contributed by atoms with van der Waals surface area (Å²) in [5, 5.41) is 11.1. The molecule has 27 heavy (non-hydrogen) atoms. The molecule has 0 unspecified atom stereocenters. The number of esters is 1. The average molecular weight is 385 g/mol. The number of rotatable bonds is 4. The fraction of sp³-hybridized carbons (Fsp3) is 0.158. The Balaban J connectivity index is 1.91. The Hall–Kier alpha value is -3.19. The highest BCUT2D eigenvalue weighted by atomic mass is 35.5.